The van der Waals surface area contributed by atoms with Gasteiger partial charge in [0.15, 0.2) is 9.84 Å². The third-order valence-corrected chi connectivity index (χ3v) is 7.79. The van der Waals surface area contributed by atoms with Gasteiger partial charge in [0.25, 0.3) is 0 Å². The van der Waals surface area contributed by atoms with Crippen molar-refractivity contribution in [2.75, 3.05) is 30.9 Å². The minimum Gasteiger partial charge on any atom is -0.375 e. The minimum absolute atomic E-state index is 0.237. The van der Waals surface area contributed by atoms with Crippen LogP contribution in [0.1, 0.15) is 37.3 Å². The molecule has 168 valence electrons. The van der Waals surface area contributed by atoms with Crippen molar-refractivity contribution < 1.29 is 13.2 Å². The molecule has 1 aromatic carbocycles. The number of aromatic nitrogens is 2. The van der Waals surface area contributed by atoms with Crippen molar-refractivity contribution in [1.82, 2.24) is 9.97 Å². The predicted molar refractivity (Wildman–Crippen MR) is 121 cm³/mol. The predicted octanol–water partition coefficient (Wildman–Crippen LogP) is 2.59. The molecule has 0 bridgehead atoms. The molecule has 0 radical (unpaired) electrons. The fraction of sp³-hybridized carbons (Fsp3) is 0.565. The Morgan fingerprint density at radius 2 is 1.77 bits per heavy atom. The third kappa shape index (κ3) is 5.25. The largest absolute Gasteiger partial charge is 0.375 e. The molecule has 2 heterocycles. The van der Waals surface area contributed by atoms with Crippen LogP contribution in [-0.2, 0) is 27.6 Å². The van der Waals surface area contributed by atoms with E-state index in [0.717, 1.165) is 55.8 Å². The van der Waals surface area contributed by atoms with Crippen LogP contribution in [0.5, 0.6) is 0 Å². The summed E-state index contributed by atoms with van der Waals surface area (Å²) in [6.07, 6.45) is 9.23. The zero-order valence-corrected chi connectivity index (χ0v) is 19.1. The van der Waals surface area contributed by atoms with E-state index < -0.39 is 9.84 Å². The van der Waals surface area contributed by atoms with Crippen molar-refractivity contribution in [3.63, 3.8) is 0 Å². The average Bonchev–Trinajstić information content (AvgIpc) is 3.45. The van der Waals surface area contributed by atoms with Crippen LogP contribution < -0.4 is 10.6 Å². The highest BCUT2D eigenvalue weighted by molar-refractivity contribution is 7.90. The fourth-order valence-corrected chi connectivity index (χ4v) is 5.17. The summed E-state index contributed by atoms with van der Waals surface area (Å²) in [5, 5.41) is 0. The van der Waals surface area contributed by atoms with E-state index in [-0.39, 0.29) is 5.54 Å². The maximum atomic E-state index is 11.6. The summed E-state index contributed by atoms with van der Waals surface area (Å²) in [4.78, 5) is 11.6. The van der Waals surface area contributed by atoms with E-state index in [1.54, 1.807) is 24.3 Å². The third-order valence-electron chi connectivity index (χ3n) is 6.66. The van der Waals surface area contributed by atoms with Crippen LogP contribution in [0.15, 0.2) is 41.6 Å². The Bertz CT molecular complexity index is 986. The average molecular weight is 445 g/mol. The van der Waals surface area contributed by atoms with Gasteiger partial charge in [0.1, 0.15) is 0 Å². The summed E-state index contributed by atoms with van der Waals surface area (Å²) < 4.78 is 29.0. The lowest BCUT2D eigenvalue weighted by Crippen LogP contribution is -2.39. The Morgan fingerprint density at radius 1 is 1.13 bits per heavy atom. The van der Waals surface area contributed by atoms with Crippen molar-refractivity contribution >= 4 is 15.8 Å². The molecule has 2 N–H and O–H groups in total. The second-order valence-corrected chi connectivity index (χ2v) is 11.0. The van der Waals surface area contributed by atoms with Crippen molar-refractivity contribution in [3.05, 3.63) is 47.8 Å². The molecule has 0 amide bonds. The van der Waals surface area contributed by atoms with Crippen LogP contribution >= 0.6 is 0 Å². The maximum Gasteiger partial charge on any atom is 0.225 e. The van der Waals surface area contributed by atoms with Crippen molar-refractivity contribution in [2.24, 2.45) is 17.6 Å². The molecular formula is C23H32N4O3S. The van der Waals surface area contributed by atoms with E-state index in [9.17, 15) is 8.42 Å². The van der Waals surface area contributed by atoms with Gasteiger partial charge >= 0.3 is 0 Å². The molecule has 1 saturated carbocycles. The van der Waals surface area contributed by atoms with Crippen molar-refractivity contribution in [1.29, 1.82) is 0 Å². The first kappa shape index (κ1) is 22.2. The number of piperidine rings is 1. The number of hydrogen-bond donors (Lipinski definition) is 1. The summed E-state index contributed by atoms with van der Waals surface area (Å²) in [6, 6.07) is 6.85. The first-order valence-electron chi connectivity index (χ1n) is 11.0. The number of benzene rings is 1. The molecule has 1 aromatic heterocycles. The summed E-state index contributed by atoms with van der Waals surface area (Å²) >= 11 is 0. The molecule has 7 nitrogen and oxygen atoms in total. The van der Waals surface area contributed by atoms with Crippen LogP contribution in [0.4, 0.5) is 5.95 Å². The molecule has 0 unspecified atom stereocenters. The molecule has 1 saturated heterocycles. The normalized spacial score (nSPS) is 24.4. The van der Waals surface area contributed by atoms with Crippen molar-refractivity contribution in [2.45, 2.75) is 49.6 Å². The van der Waals surface area contributed by atoms with Crippen LogP contribution in [0.2, 0.25) is 0 Å². The number of ether oxygens (including phenoxy) is 1. The van der Waals surface area contributed by atoms with Crippen molar-refractivity contribution in [3.8, 4) is 0 Å². The summed E-state index contributed by atoms with van der Waals surface area (Å²) in [5.74, 6) is 1.95. The van der Waals surface area contributed by atoms with E-state index in [4.69, 9.17) is 10.5 Å². The summed E-state index contributed by atoms with van der Waals surface area (Å²) in [6.45, 7) is 5.02. The molecule has 2 aromatic rings. The smallest absolute Gasteiger partial charge is 0.225 e. The van der Waals surface area contributed by atoms with Gasteiger partial charge in [-0.05, 0) is 60.8 Å². The number of nitrogens with two attached hydrogens (primary N) is 1. The maximum absolute atomic E-state index is 11.6. The van der Waals surface area contributed by atoms with E-state index >= 15 is 0 Å². The molecule has 8 heteroatoms. The molecule has 0 spiro atoms. The monoisotopic (exact) mass is 444 g/mol. The van der Waals surface area contributed by atoms with Gasteiger partial charge in [-0.1, -0.05) is 19.1 Å². The Labute approximate surface area is 184 Å². The summed E-state index contributed by atoms with van der Waals surface area (Å²) in [5.41, 5.74) is 8.48. The zero-order chi connectivity index (χ0) is 22.1. The van der Waals surface area contributed by atoms with E-state index in [1.165, 1.54) is 6.26 Å². The molecule has 31 heavy (non-hydrogen) atoms. The lowest BCUT2D eigenvalue weighted by molar-refractivity contribution is 0.0937. The molecule has 4 rings (SSSR count). The Balaban J connectivity index is 1.22. The van der Waals surface area contributed by atoms with Gasteiger partial charge in [-0.15, -0.1) is 0 Å². The first-order chi connectivity index (χ1) is 14.8. The topological polar surface area (TPSA) is 98.4 Å². The standard InChI is InChI=1S/C23H32N4O3S/c1-3-17-13-25-22(26-14-17)27-10-8-19(9-11-27)21-12-23(21,24)16-30-15-18-4-6-20(7-5-18)31(2,28)29/h4-7,13-14,19,21H,3,8-12,15-16,24H2,1-2H3/t21-,23-/m1/s1. The quantitative estimate of drug-likeness (QED) is 0.668. The van der Waals surface area contributed by atoms with E-state index in [1.807, 2.05) is 12.4 Å². The number of sulfone groups is 1. The van der Waals surface area contributed by atoms with E-state index in [0.29, 0.717) is 29.9 Å². The number of rotatable bonds is 8. The van der Waals surface area contributed by atoms with Crippen LogP contribution in [0, 0.1) is 11.8 Å². The molecule has 2 fully saturated rings. The minimum atomic E-state index is -3.17. The van der Waals surface area contributed by atoms with Crippen LogP contribution in [0.25, 0.3) is 0 Å². The highest BCUT2D eigenvalue weighted by atomic mass is 32.2. The van der Waals surface area contributed by atoms with Gasteiger partial charge in [0.05, 0.1) is 18.1 Å². The Morgan fingerprint density at radius 3 is 2.35 bits per heavy atom. The Hall–Kier alpha value is -2.03. The zero-order valence-electron chi connectivity index (χ0n) is 18.3. The van der Waals surface area contributed by atoms with Gasteiger partial charge in [0.2, 0.25) is 5.95 Å². The van der Waals surface area contributed by atoms with Gasteiger partial charge in [0, 0.05) is 37.3 Å². The lowest BCUT2D eigenvalue weighted by Gasteiger charge is -2.33. The lowest BCUT2D eigenvalue weighted by atomic mass is 9.90. The van der Waals surface area contributed by atoms with Crippen LogP contribution in [0.3, 0.4) is 0 Å². The number of nitrogens with zero attached hydrogens (tertiary/aromatic N) is 3. The van der Waals surface area contributed by atoms with Crippen LogP contribution in [-0.4, -0.2) is 49.9 Å². The second-order valence-electron chi connectivity index (χ2n) is 9.02. The SMILES string of the molecule is CCc1cnc(N2CCC([C@H]3C[C@@]3(N)COCc3ccc(S(C)(=O)=O)cc3)CC2)nc1. The molecule has 2 atom stereocenters. The van der Waals surface area contributed by atoms with Gasteiger partial charge in [-0.2, -0.15) is 0 Å². The molecule has 1 aliphatic heterocycles. The fourth-order valence-electron chi connectivity index (χ4n) is 4.54. The summed E-state index contributed by atoms with van der Waals surface area (Å²) in [7, 11) is -3.17. The molecular weight excluding hydrogens is 412 g/mol. The molecule has 1 aliphatic carbocycles. The molecule has 2 aliphatic rings. The Kier molecular flexibility index (Phi) is 6.32. The number of anilines is 1. The van der Waals surface area contributed by atoms with E-state index in [2.05, 4.69) is 21.8 Å². The van der Waals surface area contributed by atoms with Gasteiger partial charge in [-0.25, -0.2) is 18.4 Å². The highest BCUT2D eigenvalue weighted by Crippen LogP contribution is 2.50. The highest BCUT2D eigenvalue weighted by Gasteiger charge is 2.54. The van der Waals surface area contributed by atoms with Gasteiger partial charge < -0.3 is 15.4 Å². The second kappa shape index (κ2) is 8.84. The number of hydrogen-bond acceptors (Lipinski definition) is 7. The van der Waals surface area contributed by atoms with Gasteiger partial charge in [-0.3, -0.25) is 0 Å². The number of aryl methyl sites for hydroxylation is 1. The first-order valence-corrected chi connectivity index (χ1v) is 12.9.